The summed E-state index contributed by atoms with van der Waals surface area (Å²) < 4.78 is 5.28. The minimum atomic E-state index is 0. The quantitative estimate of drug-likeness (QED) is 0.874. The summed E-state index contributed by atoms with van der Waals surface area (Å²) in [5.74, 6) is 1.01. The summed E-state index contributed by atoms with van der Waals surface area (Å²) in [6.07, 6.45) is 0. The van der Waals surface area contributed by atoms with Gasteiger partial charge in [-0.15, -0.1) is 24.8 Å². The van der Waals surface area contributed by atoms with Crippen molar-refractivity contribution in [1.82, 2.24) is 4.98 Å². The zero-order chi connectivity index (χ0) is 9.80. The molecule has 0 bridgehead atoms. The molecule has 1 aliphatic rings. The van der Waals surface area contributed by atoms with Crippen molar-refractivity contribution in [2.45, 2.75) is 6.54 Å². The molecule has 2 N–H and O–H groups in total. The van der Waals surface area contributed by atoms with E-state index in [9.17, 15) is 0 Å². The molecule has 0 atom stereocenters. The number of anilines is 1. The van der Waals surface area contributed by atoms with Crippen molar-refractivity contribution in [2.24, 2.45) is 5.73 Å². The van der Waals surface area contributed by atoms with E-state index < -0.39 is 0 Å². The number of rotatable bonds is 2. The third-order valence-corrected chi connectivity index (χ3v) is 2.34. The second kappa shape index (κ2) is 7.68. The summed E-state index contributed by atoms with van der Waals surface area (Å²) in [6.45, 7) is 3.91. The summed E-state index contributed by atoms with van der Waals surface area (Å²) in [7, 11) is 0. The van der Waals surface area contributed by atoms with Crippen LogP contribution in [0.4, 0.5) is 5.82 Å². The Balaban J connectivity index is 0.00000112. The summed E-state index contributed by atoms with van der Waals surface area (Å²) >= 11 is 0. The lowest BCUT2D eigenvalue weighted by molar-refractivity contribution is 0.122. The van der Waals surface area contributed by atoms with Crippen molar-refractivity contribution >= 4 is 30.6 Å². The van der Waals surface area contributed by atoms with Crippen LogP contribution in [0.2, 0.25) is 0 Å². The molecule has 2 rings (SSSR count). The third-order valence-electron chi connectivity index (χ3n) is 2.34. The Morgan fingerprint density at radius 3 is 2.56 bits per heavy atom. The average molecular weight is 266 g/mol. The predicted octanol–water partition coefficient (Wildman–Crippen LogP) is 1.22. The van der Waals surface area contributed by atoms with Crippen LogP contribution in [-0.4, -0.2) is 31.3 Å². The van der Waals surface area contributed by atoms with Crippen LogP contribution in [-0.2, 0) is 11.3 Å². The van der Waals surface area contributed by atoms with Gasteiger partial charge in [-0.1, -0.05) is 6.07 Å². The molecule has 1 fully saturated rings. The van der Waals surface area contributed by atoms with Gasteiger partial charge in [-0.05, 0) is 12.1 Å². The molecule has 1 aliphatic heterocycles. The summed E-state index contributed by atoms with van der Waals surface area (Å²) in [5.41, 5.74) is 6.48. The normalized spacial score (nSPS) is 14.9. The second-order valence-electron chi connectivity index (χ2n) is 3.29. The van der Waals surface area contributed by atoms with Crippen molar-refractivity contribution in [2.75, 3.05) is 31.2 Å². The van der Waals surface area contributed by atoms with Crippen LogP contribution in [0.15, 0.2) is 18.2 Å². The molecule has 0 radical (unpaired) electrons. The highest BCUT2D eigenvalue weighted by atomic mass is 35.5. The highest BCUT2D eigenvalue weighted by molar-refractivity contribution is 5.85. The lowest BCUT2D eigenvalue weighted by Crippen LogP contribution is -2.36. The third kappa shape index (κ3) is 3.79. The van der Waals surface area contributed by atoms with Gasteiger partial charge < -0.3 is 15.4 Å². The fraction of sp³-hybridized carbons (Fsp3) is 0.500. The second-order valence-corrected chi connectivity index (χ2v) is 3.29. The monoisotopic (exact) mass is 265 g/mol. The number of pyridine rings is 1. The molecule has 0 unspecified atom stereocenters. The van der Waals surface area contributed by atoms with E-state index in [0.717, 1.165) is 37.8 Å². The smallest absolute Gasteiger partial charge is 0.129 e. The Labute approximate surface area is 108 Å². The molecule has 0 amide bonds. The summed E-state index contributed by atoms with van der Waals surface area (Å²) in [4.78, 5) is 6.69. The van der Waals surface area contributed by atoms with Gasteiger partial charge in [0.1, 0.15) is 5.82 Å². The van der Waals surface area contributed by atoms with Crippen molar-refractivity contribution in [1.29, 1.82) is 0 Å². The molecule has 16 heavy (non-hydrogen) atoms. The maximum atomic E-state index is 5.54. The molecule has 1 saturated heterocycles. The predicted molar refractivity (Wildman–Crippen MR) is 69.7 cm³/mol. The maximum absolute atomic E-state index is 5.54. The Morgan fingerprint density at radius 2 is 1.94 bits per heavy atom. The molecule has 2 heterocycles. The SMILES string of the molecule is Cl.Cl.NCc1cccc(N2CCOCC2)n1. The molecule has 0 spiro atoms. The van der Waals surface area contributed by atoms with E-state index in [4.69, 9.17) is 10.5 Å². The maximum Gasteiger partial charge on any atom is 0.129 e. The Bertz CT molecular complexity index is 306. The molecular weight excluding hydrogens is 249 g/mol. The largest absolute Gasteiger partial charge is 0.378 e. The average Bonchev–Trinajstić information content (AvgIpc) is 2.30. The van der Waals surface area contributed by atoms with E-state index in [2.05, 4.69) is 9.88 Å². The highest BCUT2D eigenvalue weighted by Crippen LogP contribution is 2.12. The van der Waals surface area contributed by atoms with Crippen LogP contribution >= 0.6 is 24.8 Å². The van der Waals surface area contributed by atoms with Gasteiger partial charge in [0.15, 0.2) is 0 Å². The number of nitrogens with two attached hydrogens (primary N) is 1. The number of morpholine rings is 1. The molecule has 6 heteroatoms. The topological polar surface area (TPSA) is 51.4 Å². The number of hydrogen-bond acceptors (Lipinski definition) is 4. The highest BCUT2D eigenvalue weighted by Gasteiger charge is 2.11. The number of hydrogen-bond donors (Lipinski definition) is 1. The Morgan fingerprint density at radius 1 is 1.25 bits per heavy atom. The van der Waals surface area contributed by atoms with Gasteiger partial charge in [-0.2, -0.15) is 0 Å². The molecule has 0 saturated carbocycles. The van der Waals surface area contributed by atoms with Crippen LogP contribution in [0.5, 0.6) is 0 Å². The first-order valence-electron chi connectivity index (χ1n) is 4.89. The lowest BCUT2D eigenvalue weighted by atomic mass is 10.3. The van der Waals surface area contributed by atoms with Crippen molar-refractivity contribution in [3.63, 3.8) is 0 Å². The minimum Gasteiger partial charge on any atom is -0.378 e. The molecule has 4 nitrogen and oxygen atoms in total. The first-order valence-corrected chi connectivity index (χ1v) is 4.89. The van der Waals surface area contributed by atoms with Crippen LogP contribution < -0.4 is 10.6 Å². The number of halogens is 2. The summed E-state index contributed by atoms with van der Waals surface area (Å²) in [5, 5.41) is 0. The fourth-order valence-electron chi connectivity index (χ4n) is 1.55. The van der Waals surface area contributed by atoms with E-state index in [1.54, 1.807) is 0 Å². The minimum absolute atomic E-state index is 0. The first kappa shape index (κ1) is 15.4. The van der Waals surface area contributed by atoms with Gasteiger partial charge in [0, 0.05) is 19.6 Å². The van der Waals surface area contributed by atoms with Crippen LogP contribution in [0.25, 0.3) is 0 Å². The van der Waals surface area contributed by atoms with E-state index in [-0.39, 0.29) is 24.8 Å². The number of nitrogens with zero attached hydrogens (tertiary/aromatic N) is 2. The zero-order valence-corrected chi connectivity index (χ0v) is 10.6. The van der Waals surface area contributed by atoms with Crippen LogP contribution in [0, 0.1) is 0 Å². The molecule has 0 aliphatic carbocycles. The van der Waals surface area contributed by atoms with Crippen molar-refractivity contribution < 1.29 is 4.74 Å². The van der Waals surface area contributed by atoms with E-state index in [1.807, 2.05) is 18.2 Å². The number of aromatic nitrogens is 1. The van der Waals surface area contributed by atoms with E-state index >= 15 is 0 Å². The van der Waals surface area contributed by atoms with Crippen molar-refractivity contribution in [3.05, 3.63) is 23.9 Å². The summed E-state index contributed by atoms with van der Waals surface area (Å²) in [6, 6.07) is 5.97. The van der Waals surface area contributed by atoms with E-state index in [0.29, 0.717) is 6.54 Å². The zero-order valence-electron chi connectivity index (χ0n) is 8.96. The Hall–Kier alpha value is -0.550. The van der Waals surface area contributed by atoms with Crippen molar-refractivity contribution in [3.8, 4) is 0 Å². The van der Waals surface area contributed by atoms with Crippen LogP contribution in [0.3, 0.4) is 0 Å². The van der Waals surface area contributed by atoms with Gasteiger partial charge in [-0.25, -0.2) is 4.98 Å². The molecule has 1 aromatic heterocycles. The van der Waals surface area contributed by atoms with Gasteiger partial charge in [0.2, 0.25) is 0 Å². The van der Waals surface area contributed by atoms with Crippen LogP contribution in [0.1, 0.15) is 5.69 Å². The number of ether oxygens (including phenoxy) is 1. The molecule has 0 aromatic carbocycles. The lowest BCUT2D eigenvalue weighted by Gasteiger charge is -2.27. The van der Waals surface area contributed by atoms with Gasteiger partial charge in [-0.3, -0.25) is 0 Å². The molecule has 1 aromatic rings. The van der Waals surface area contributed by atoms with E-state index in [1.165, 1.54) is 0 Å². The molecular formula is C10H17Cl2N3O. The Kier molecular flexibility index (Phi) is 7.42. The molecule has 92 valence electrons. The first-order chi connectivity index (χ1) is 6.90. The van der Waals surface area contributed by atoms with Gasteiger partial charge in [0.25, 0.3) is 0 Å². The van der Waals surface area contributed by atoms with Gasteiger partial charge in [0.05, 0.1) is 18.9 Å². The standard InChI is InChI=1S/C10H15N3O.2ClH/c11-8-9-2-1-3-10(12-9)13-4-6-14-7-5-13;;/h1-3H,4-8,11H2;2*1H. The fourth-order valence-corrected chi connectivity index (χ4v) is 1.55. The van der Waals surface area contributed by atoms with Gasteiger partial charge >= 0.3 is 0 Å².